The van der Waals surface area contributed by atoms with Gasteiger partial charge < -0.3 is 4.74 Å². The molecule has 7 aromatic carbocycles. The molecule has 0 aromatic heterocycles. The second kappa shape index (κ2) is 8.56. The van der Waals surface area contributed by atoms with Crippen LogP contribution < -0.4 is 15.2 Å². The molecule has 43 heavy (non-hydrogen) atoms. The summed E-state index contributed by atoms with van der Waals surface area (Å²) < 4.78 is 6.51. The van der Waals surface area contributed by atoms with Crippen LogP contribution in [0, 0.1) is 0 Å². The van der Waals surface area contributed by atoms with E-state index in [0.29, 0.717) is 0 Å². The van der Waals surface area contributed by atoms with Gasteiger partial charge in [-0.1, -0.05) is 133 Å². The first kappa shape index (κ1) is 23.2. The maximum Gasteiger partial charge on any atom is 0.135 e. The molecule has 1 aliphatic heterocycles. The molecule has 0 radical (unpaired) electrons. The lowest BCUT2D eigenvalue weighted by atomic mass is 9.70. The van der Waals surface area contributed by atoms with Crippen molar-refractivity contribution in [3.63, 3.8) is 0 Å². The minimum atomic E-state index is 0.194. The Morgan fingerprint density at radius 1 is 0.395 bits per heavy atom. The van der Waals surface area contributed by atoms with Crippen LogP contribution in [0.2, 0.25) is 0 Å². The summed E-state index contributed by atoms with van der Waals surface area (Å²) in [4.78, 5) is 0. The van der Waals surface area contributed by atoms with Crippen LogP contribution in [0.25, 0.3) is 43.8 Å². The molecule has 10 rings (SSSR count). The molecule has 0 amide bonds. The van der Waals surface area contributed by atoms with Gasteiger partial charge in [0.05, 0.1) is 0 Å². The molecule has 0 bridgehead atoms. The summed E-state index contributed by atoms with van der Waals surface area (Å²) >= 11 is 0. The zero-order valence-electron chi connectivity index (χ0n) is 23.4. The van der Waals surface area contributed by atoms with E-state index < -0.39 is 0 Å². The van der Waals surface area contributed by atoms with Crippen molar-refractivity contribution < 1.29 is 4.74 Å². The Labute approximate surface area is 249 Å². The number of ether oxygens (including phenoxy) is 1. The van der Waals surface area contributed by atoms with Crippen molar-refractivity contribution in [1.82, 2.24) is 0 Å². The van der Waals surface area contributed by atoms with Crippen LogP contribution in [-0.4, -0.2) is 0 Å². The topological polar surface area (TPSA) is 9.23 Å². The molecular weight excluding hydrogens is 520 g/mol. The van der Waals surface area contributed by atoms with Gasteiger partial charge in [-0.15, -0.1) is 0 Å². The van der Waals surface area contributed by atoms with Crippen LogP contribution in [0.1, 0.15) is 34.1 Å². The van der Waals surface area contributed by atoms with Crippen molar-refractivity contribution in [2.75, 3.05) is 0 Å². The second-order valence-corrected chi connectivity index (χ2v) is 11.9. The highest BCUT2D eigenvalue weighted by Gasteiger charge is 2.42. The van der Waals surface area contributed by atoms with Crippen LogP contribution in [0.4, 0.5) is 0 Å². The molecule has 1 nitrogen and oxygen atoms in total. The minimum absolute atomic E-state index is 0.194. The third-order valence-electron chi connectivity index (χ3n) is 9.88. The second-order valence-electron chi connectivity index (χ2n) is 11.9. The van der Waals surface area contributed by atoms with Crippen molar-refractivity contribution in [2.24, 2.45) is 0 Å². The first-order valence-electron chi connectivity index (χ1n) is 15.1. The molecule has 0 saturated carbocycles. The lowest BCUT2D eigenvalue weighted by Crippen LogP contribution is -2.38. The van der Waals surface area contributed by atoms with Gasteiger partial charge in [0.2, 0.25) is 0 Å². The molecule has 200 valence electrons. The van der Waals surface area contributed by atoms with E-state index in [2.05, 4.69) is 140 Å². The predicted octanol–water partition coefficient (Wildman–Crippen LogP) is 9.06. The summed E-state index contributed by atoms with van der Waals surface area (Å²) in [5.41, 5.74) is 10.7. The number of hydrogen-bond acceptors (Lipinski definition) is 1. The first-order valence-corrected chi connectivity index (χ1v) is 15.1. The number of rotatable bonds is 2. The molecular formula is C42H26O. The van der Waals surface area contributed by atoms with Gasteiger partial charge in [0.1, 0.15) is 11.5 Å². The van der Waals surface area contributed by atoms with Gasteiger partial charge in [0, 0.05) is 22.8 Å². The number of para-hydroxylation sites is 1. The smallest absolute Gasteiger partial charge is 0.135 e. The van der Waals surface area contributed by atoms with Crippen LogP contribution >= 0.6 is 0 Å². The standard InChI is InChI=1S/C42H26O/c1-2-11-26(12-3-1)38-29-16-4-5-17-31(29)40(42-34-21-9-14-25-13-8-20-33(37(25)34)41(38)42)32-23-24-36-39-28(18-10-19-30(32)39)27-15-6-7-22-35(27)43-36/h1-24,41-42H. The highest BCUT2D eigenvalue weighted by atomic mass is 16.5. The maximum absolute atomic E-state index is 6.51. The summed E-state index contributed by atoms with van der Waals surface area (Å²) in [5.74, 6) is 2.27. The van der Waals surface area contributed by atoms with Crippen molar-refractivity contribution in [3.05, 3.63) is 178 Å². The van der Waals surface area contributed by atoms with Crippen molar-refractivity contribution in [1.29, 1.82) is 0 Å². The number of benzene rings is 7. The van der Waals surface area contributed by atoms with Crippen LogP contribution in [0.5, 0.6) is 11.5 Å². The fourth-order valence-corrected chi connectivity index (χ4v) is 8.29. The van der Waals surface area contributed by atoms with Gasteiger partial charge in [0.15, 0.2) is 0 Å². The van der Waals surface area contributed by atoms with E-state index in [4.69, 9.17) is 4.74 Å². The Kier molecular flexibility index (Phi) is 4.62. The summed E-state index contributed by atoms with van der Waals surface area (Å²) in [7, 11) is 0. The summed E-state index contributed by atoms with van der Waals surface area (Å²) in [6, 6.07) is 53.5. The van der Waals surface area contributed by atoms with Crippen LogP contribution in [0.15, 0.2) is 146 Å². The Balaban J connectivity index is 1.38. The van der Waals surface area contributed by atoms with E-state index in [1.165, 1.54) is 70.9 Å². The molecule has 2 unspecified atom stereocenters. The molecule has 0 fully saturated rings. The summed E-state index contributed by atoms with van der Waals surface area (Å²) in [6.45, 7) is 0. The van der Waals surface area contributed by atoms with E-state index in [-0.39, 0.29) is 11.8 Å². The first-order chi connectivity index (χ1) is 21.4. The predicted molar refractivity (Wildman–Crippen MR) is 176 cm³/mol. The molecule has 7 aromatic rings. The fraction of sp³-hybridized carbons (Fsp3) is 0.0476. The third-order valence-corrected chi connectivity index (χ3v) is 9.88. The van der Waals surface area contributed by atoms with E-state index >= 15 is 0 Å². The normalized spacial score (nSPS) is 17.4. The van der Waals surface area contributed by atoms with E-state index in [9.17, 15) is 0 Å². The van der Waals surface area contributed by atoms with Crippen molar-refractivity contribution >= 4 is 32.7 Å². The molecule has 2 atom stereocenters. The Bertz CT molecular complexity index is 2430. The molecule has 0 N–H and O–H groups in total. The zero-order chi connectivity index (χ0) is 28.1. The van der Waals surface area contributed by atoms with Crippen molar-refractivity contribution in [2.45, 2.75) is 11.8 Å². The van der Waals surface area contributed by atoms with Crippen molar-refractivity contribution in [3.8, 4) is 22.6 Å². The largest absolute Gasteiger partial charge is 0.456 e. The van der Waals surface area contributed by atoms with Gasteiger partial charge in [0.25, 0.3) is 0 Å². The summed E-state index contributed by atoms with van der Waals surface area (Å²) in [5, 5.41) is 7.84. The maximum atomic E-state index is 6.51. The number of hydrogen-bond donors (Lipinski definition) is 0. The molecule has 3 aliphatic rings. The highest BCUT2D eigenvalue weighted by Crippen LogP contribution is 2.58. The van der Waals surface area contributed by atoms with E-state index in [0.717, 1.165) is 17.1 Å². The monoisotopic (exact) mass is 546 g/mol. The minimum Gasteiger partial charge on any atom is -0.456 e. The molecule has 2 aliphatic carbocycles. The molecule has 0 spiro atoms. The zero-order valence-corrected chi connectivity index (χ0v) is 23.4. The third kappa shape index (κ3) is 3.06. The Morgan fingerprint density at radius 3 is 1.86 bits per heavy atom. The SMILES string of the molecule is c1ccc(C2=c3ccccc3=C(c3ccc4c5c(cccc35)-c3ccccc3O4)C3c4cccc5cccc(c45)C23)cc1. The number of fused-ring (bicyclic) bond motifs is 6. The summed E-state index contributed by atoms with van der Waals surface area (Å²) in [6.07, 6.45) is 0. The van der Waals surface area contributed by atoms with Crippen LogP contribution in [-0.2, 0) is 0 Å². The van der Waals surface area contributed by atoms with Crippen LogP contribution in [0.3, 0.4) is 0 Å². The van der Waals surface area contributed by atoms with Gasteiger partial charge >= 0.3 is 0 Å². The van der Waals surface area contributed by atoms with E-state index in [1.807, 2.05) is 6.07 Å². The quantitative estimate of drug-likeness (QED) is 0.210. The lowest BCUT2D eigenvalue weighted by molar-refractivity contribution is 0.487. The fourth-order valence-electron chi connectivity index (χ4n) is 8.29. The Morgan fingerprint density at radius 2 is 1.05 bits per heavy atom. The average molecular weight is 547 g/mol. The van der Waals surface area contributed by atoms with Gasteiger partial charge in [-0.2, -0.15) is 0 Å². The van der Waals surface area contributed by atoms with Gasteiger partial charge in [-0.3, -0.25) is 0 Å². The highest BCUT2D eigenvalue weighted by molar-refractivity contribution is 6.10. The average Bonchev–Trinajstić information content (AvgIpc) is 3.40. The Hall–Kier alpha value is -5.40. The molecule has 0 saturated heterocycles. The molecule has 1 heteroatoms. The molecule has 1 heterocycles. The van der Waals surface area contributed by atoms with Gasteiger partial charge in [-0.05, 0) is 77.7 Å². The van der Waals surface area contributed by atoms with Gasteiger partial charge in [-0.25, -0.2) is 0 Å². The lowest BCUT2D eigenvalue weighted by Gasteiger charge is -2.33. The van der Waals surface area contributed by atoms with E-state index in [1.54, 1.807) is 0 Å².